The first-order chi connectivity index (χ1) is 19.9. The number of ether oxygens (including phenoxy) is 2. The molecule has 0 bridgehead atoms. The zero-order valence-corrected chi connectivity index (χ0v) is 22.5. The molecular weight excluding hydrogens is 536 g/mol. The van der Waals surface area contributed by atoms with Crippen molar-refractivity contribution in [3.05, 3.63) is 60.1 Å². The molecule has 0 radical (unpaired) electrons. The second kappa shape index (κ2) is 12.9. The van der Waals surface area contributed by atoms with Crippen LogP contribution in [0.5, 0.6) is 11.5 Å². The minimum absolute atomic E-state index is 0.0250. The van der Waals surface area contributed by atoms with Crippen molar-refractivity contribution in [1.82, 2.24) is 25.1 Å². The number of aromatic amines is 1. The van der Waals surface area contributed by atoms with Crippen molar-refractivity contribution >= 4 is 34.1 Å². The van der Waals surface area contributed by atoms with E-state index in [4.69, 9.17) is 9.47 Å². The summed E-state index contributed by atoms with van der Waals surface area (Å²) < 4.78 is 38.4. The van der Waals surface area contributed by atoms with Gasteiger partial charge in [0.25, 0.3) is 0 Å². The number of halogens is 2. The van der Waals surface area contributed by atoms with Gasteiger partial charge in [0.05, 0.1) is 31.8 Å². The van der Waals surface area contributed by atoms with Crippen LogP contribution in [0.2, 0.25) is 0 Å². The Morgan fingerprint density at radius 2 is 1.98 bits per heavy atom. The van der Waals surface area contributed by atoms with Crippen molar-refractivity contribution in [3.8, 4) is 11.5 Å². The number of benzene rings is 2. The Hall–Kier alpha value is -4.36. The van der Waals surface area contributed by atoms with E-state index in [1.54, 1.807) is 25.3 Å². The van der Waals surface area contributed by atoms with Crippen LogP contribution in [0.15, 0.2) is 42.7 Å². The van der Waals surface area contributed by atoms with Gasteiger partial charge in [-0.3, -0.25) is 9.89 Å². The van der Waals surface area contributed by atoms with Gasteiger partial charge in [-0.1, -0.05) is 0 Å². The summed E-state index contributed by atoms with van der Waals surface area (Å²) in [5.74, 6) is -0.0619. The summed E-state index contributed by atoms with van der Waals surface area (Å²) in [7, 11) is 1.56. The molecule has 1 atom stereocenters. The number of carbonyl (C=O) groups excluding carboxylic acids is 1. The molecule has 0 aliphatic carbocycles. The predicted octanol–water partition coefficient (Wildman–Crippen LogP) is 3.79. The summed E-state index contributed by atoms with van der Waals surface area (Å²) in [6.07, 6.45) is 3.75. The largest absolute Gasteiger partial charge is 0.493 e. The standard InChI is InChI=1S/C28H31F2N7O4/c1-40-24-13-22-23(14-25(24)41-7-3-6-37-5-2-4-21(38)15-37)31-16-32-28(22)34-26-11-20(35-36-26)12-27(39)33-19-9-17(29)8-18(30)10-19/h8-11,13-14,16,21,38H,2-7,12,15H2,1H3,(H,33,39)(H2,31,32,34,35,36). The van der Waals surface area contributed by atoms with Gasteiger partial charge in [0.2, 0.25) is 5.91 Å². The number of fused-ring (bicyclic) bond motifs is 1. The van der Waals surface area contributed by atoms with Crippen LogP contribution < -0.4 is 20.1 Å². The van der Waals surface area contributed by atoms with Crippen LogP contribution in [0.4, 0.5) is 26.1 Å². The Balaban J connectivity index is 1.21. The molecule has 4 N–H and O–H groups in total. The van der Waals surface area contributed by atoms with Crippen LogP contribution in [0.3, 0.4) is 0 Å². The summed E-state index contributed by atoms with van der Waals surface area (Å²) in [5.41, 5.74) is 1.14. The molecule has 11 nitrogen and oxygen atoms in total. The predicted molar refractivity (Wildman–Crippen MR) is 148 cm³/mol. The molecule has 3 heterocycles. The fourth-order valence-corrected chi connectivity index (χ4v) is 4.78. The van der Waals surface area contributed by atoms with Crippen molar-refractivity contribution in [3.63, 3.8) is 0 Å². The second-order valence-corrected chi connectivity index (χ2v) is 9.83. The van der Waals surface area contributed by atoms with Gasteiger partial charge in [-0.25, -0.2) is 18.7 Å². The number of amides is 1. The Morgan fingerprint density at radius 1 is 1.15 bits per heavy atom. The number of anilines is 3. The maximum Gasteiger partial charge on any atom is 0.230 e. The number of aromatic nitrogens is 4. The quantitative estimate of drug-likeness (QED) is 0.200. The van der Waals surface area contributed by atoms with E-state index >= 15 is 0 Å². The lowest BCUT2D eigenvalue weighted by Gasteiger charge is -2.29. The third kappa shape index (κ3) is 7.44. The highest BCUT2D eigenvalue weighted by atomic mass is 19.1. The number of methoxy groups -OCH3 is 1. The van der Waals surface area contributed by atoms with Gasteiger partial charge in [-0.2, -0.15) is 5.10 Å². The first-order valence-electron chi connectivity index (χ1n) is 13.3. The Kier molecular flexibility index (Phi) is 8.85. The molecule has 4 aromatic rings. The number of nitrogens with one attached hydrogen (secondary N) is 3. The number of piperidine rings is 1. The molecule has 1 fully saturated rings. The topological polar surface area (TPSA) is 138 Å². The highest BCUT2D eigenvalue weighted by Crippen LogP contribution is 2.34. The minimum Gasteiger partial charge on any atom is -0.493 e. The molecule has 1 saturated heterocycles. The summed E-state index contributed by atoms with van der Waals surface area (Å²) >= 11 is 0. The van der Waals surface area contributed by atoms with Crippen LogP contribution in [-0.2, 0) is 11.2 Å². The number of aliphatic hydroxyl groups excluding tert-OH is 1. The molecule has 1 aliphatic rings. The number of β-amino-alcohol motifs (C(OH)–C–C–N with tert-alkyl or cyclic N) is 1. The molecule has 1 unspecified atom stereocenters. The minimum atomic E-state index is -0.782. The highest BCUT2D eigenvalue weighted by Gasteiger charge is 2.18. The number of rotatable bonds is 11. The van der Waals surface area contributed by atoms with Gasteiger partial charge >= 0.3 is 0 Å². The fraction of sp³-hybridized carbons (Fsp3) is 0.357. The van der Waals surface area contributed by atoms with Gasteiger partial charge in [0.15, 0.2) is 17.3 Å². The molecule has 41 heavy (non-hydrogen) atoms. The van der Waals surface area contributed by atoms with Crippen LogP contribution in [0, 0.1) is 11.6 Å². The maximum absolute atomic E-state index is 13.4. The molecule has 5 rings (SSSR count). The number of aliphatic hydroxyl groups is 1. The molecular formula is C28H31F2N7O4. The Morgan fingerprint density at radius 3 is 2.76 bits per heavy atom. The fourth-order valence-electron chi connectivity index (χ4n) is 4.78. The zero-order valence-electron chi connectivity index (χ0n) is 22.5. The third-order valence-corrected chi connectivity index (χ3v) is 6.65. The second-order valence-electron chi connectivity index (χ2n) is 9.83. The number of hydrogen-bond donors (Lipinski definition) is 4. The molecule has 1 aliphatic heterocycles. The monoisotopic (exact) mass is 567 g/mol. The van der Waals surface area contributed by atoms with Gasteiger partial charge < -0.3 is 30.1 Å². The van der Waals surface area contributed by atoms with E-state index in [-0.39, 0.29) is 18.2 Å². The molecule has 2 aromatic heterocycles. The van der Waals surface area contributed by atoms with Gasteiger partial charge in [-0.15, -0.1) is 0 Å². The van der Waals surface area contributed by atoms with Crippen LogP contribution in [-0.4, -0.2) is 75.5 Å². The molecule has 216 valence electrons. The van der Waals surface area contributed by atoms with Crippen molar-refractivity contribution < 1.29 is 28.2 Å². The summed E-state index contributed by atoms with van der Waals surface area (Å²) in [6.45, 7) is 3.03. The number of likely N-dealkylation sites (tertiary alicyclic amines) is 1. The summed E-state index contributed by atoms with van der Waals surface area (Å²) in [4.78, 5) is 23.3. The Bertz CT molecular complexity index is 1500. The molecule has 0 spiro atoms. The lowest BCUT2D eigenvalue weighted by Crippen LogP contribution is -2.39. The van der Waals surface area contributed by atoms with Gasteiger partial charge in [-0.05, 0) is 44.0 Å². The zero-order chi connectivity index (χ0) is 28.8. The number of H-pyrrole nitrogens is 1. The van der Waals surface area contributed by atoms with E-state index in [9.17, 15) is 18.7 Å². The van der Waals surface area contributed by atoms with Crippen molar-refractivity contribution in [2.45, 2.75) is 31.8 Å². The third-order valence-electron chi connectivity index (χ3n) is 6.65. The van der Waals surface area contributed by atoms with Gasteiger partial charge in [0, 0.05) is 48.1 Å². The first-order valence-corrected chi connectivity index (χ1v) is 13.3. The summed E-state index contributed by atoms with van der Waals surface area (Å²) in [5, 5.41) is 23.1. The summed E-state index contributed by atoms with van der Waals surface area (Å²) in [6, 6.07) is 8.01. The van der Waals surface area contributed by atoms with Crippen molar-refractivity contribution in [2.24, 2.45) is 0 Å². The Labute approximate surface area is 234 Å². The maximum atomic E-state index is 13.4. The SMILES string of the molecule is COc1cc2c(Nc3cc(CC(=O)Nc4cc(F)cc(F)c4)[nH]n3)ncnc2cc1OCCCN1CCCC(O)C1. The van der Waals surface area contributed by atoms with Crippen LogP contribution in [0.25, 0.3) is 10.9 Å². The van der Waals surface area contributed by atoms with E-state index in [0.717, 1.165) is 50.6 Å². The van der Waals surface area contributed by atoms with Crippen LogP contribution >= 0.6 is 0 Å². The molecule has 1 amide bonds. The van der Waals surface area contributed by atoms with Crippen LogP contribution in [0.1, 0.15) is 25.0 Å². The average Bonchev–Trinajstić information content (AvgIpc) is 3.36. The van der Waals surface area contributed by atoms with Crippen molar-refractivity contribution in [2.75, 3.05) is 44.0 Å². The van der Waals surface area contributed by atoms with E-state index in [0.29, 0.717) is 52.9 Å². The normalized spacial score (nSPS) is 15.6. The van der Waals surface area contributed by atoms with E-state index in [2.05, 4.69) is 35.7 Å². The highest BCUT2D eigenvalue weighted by molar-refractivity contribution is 5.93. The first kappa shape index (κ1) is 28.2. The lowest BCUT2D eigenvalue weighted by atomic mass is 10.1. The number of nitrogens with zero attached hydrogens (tertiary/aromatic N) is 4. The van der Waals surface area contributed by atoms with E-state index in [1.807, 2.05) is 0 Å². The molecule has 13 heteroatoms. The lowest BCUT2D eigenvalue weighted by molar-refractivity contribution is -0.115. The number of carbonyl (C=O) groups is 1. The van der Waals surface area contributed by atoms with Gasteiger partial charge in [0.1, 0.15) is 23.8 Å². The number of hydrogen-bond acceptors (Lipinski definition) is 9. The molecule has 2 aromatic carbocycles. The van der Waals surface area contributed by atoms with Crippen molar-refractivity contribution in [1.29, 1.82) is 0 Å². The smallest absolute Gasteiger partial charge is 0.230 e. The van der Waals surface area contributed by atoms with E-state index in [1.165, 1.54) is 6.33 Å². The molecule has 0 saturated carbocycles. The van der Waals surface area contributed by atoms with E-state index < -0.39 is 17.5 Å². The average molecular weight is 568 g/mol.